The van der Waals surface area contributed by atoms with E-state index in [0.717, 1.165) is 29.4 Å². The van der Waals surface area contributed by atoms with Gasteiger partial charge in [0.05, 0.1) is 10.9 Å². The van der Waals surface area contributed by atoms with E-state index < -0.39 is 11.9 Å². The fraction of sp³-hybridized carbons (Fsp3) is 0.314. The quantitative estimate of drug-likeness (QED) is 0.271. The number of para-hydroxylation sites is 1. The highest BCUT2D eigenvalue weighted by Crippen LogP contribution is 2.23. The Labute approximate surface area is 272 Å². The molecule has 2 heterocycles. The van der Waals surface area contributed by atoms with E-state index in [-0.39, 0.29) is 29.4 Å². The lowest BCUT2D eigenvalue weighted by atomic mass is 10.0. The van der Waals surface area contributed by atoms with E-state index >= 15 is 0 Å². The maximum Gasteiger partial charge on any atom is 0.287 e. The second kappa shape index (κ2) is 14.6. The van der Waals surface area contributed by atoms with Crippen LogP contribution in [-0.4, -0.2) is 86.9 Å². The lowest BCUT2D eigenvalue weighted by molar-refractivity contribution is -0.133. The van der Waals surface area contributed by atoms with Gasteiger partial charge in [0.15, 0.2) is 11.2 Å². The van der Waals surface area contributed by atoms with Gasteiger partial charge in [0.2, 0.25) is 5.91 Å². The molecule has 11 heteroatoms. The predicted molar refractivity (Wildman–Crippen MR) is 180 cm³/mol. The summed E-state index contributed by atoms with van der Waals surface area (Å²) >= 11 is 6.08. The molecule has 0 bridgehead atoms. The van der Waals surface area contributed by atoms with Crippen molar-refractivity contribution in [2.75, 3.05) is 58.3 Å². The highest BCUT2D eigenvalue weighted by molar-refractivity contribution is 6.30. The summed E-state index contributed by atoms with van der Waals surface area (Å²) in [6.45, 7) is 4.94. The maximum absolute atomic E-state index is 14.0. The number of fused-ring (bicyclic) bond motifs is 1. The third-order valence-corrected chi connectivity index (χ3v) is 8.24. The number of nitrogens with zero attached hydrogens (tertiary/aromatic N) is 3. The third kappa shape index (κ3) is 7.94. The van der Waals surface area contributed by atoms with Crippen molar-refractivity contribution < 1.29 is 18.8 Å². The summed E-state index contributed by atoms with van der Waals surface area (Å²) in [5, 5.41) is 6.75. The summed E-state index contributed by atoms with van der Waals surface area (Å²) in [4.78, 5) is 58.9. The second-order valence-corrected chi connectivity index (χ2v) is 12.2. The van der Waals surface area contributed by atoms with E-state index in [1.54, 1.807) is 35.2 Å². The van der Waals surface area contributed by atoms with Gasteiger partial charge in [-0.05, 0) is 63.0 Å². The minimum Gasteiger partial charge on any atom is -0.451 e. The van der Waals surface area contributed by atoms with E-state index in [9.17, 15) is 19.2 Å². The van der Waals surface area contributed by atoms with Gasteiger partial charge in [0.1, 0.15) is 11.6 Å². The zero-order chi connectivity index (χ0) is 32.8. The number of carbonyl (C=O) groups excluding carboxylic acids is 3. The number of hydrogen-bond acceptors (Lipinski definition) is 7. The summed E-state index contributed by atoms with van der Waals surface area (Å²) in [6, 6.07) is 20.0. The highest BCUT2D eigenvalue weighted by Gasteiger charge is 2.31. The minimum atomic E-state index is -0.922. The zero-order valence-corrected chi connectivity index (χ0v) is 27.0. The molecule has 1 aliphatic rings. The molecule has 1 saturated heterocycles. The topological polar surface area (TPSA) is 115 Å². The summed E-state index contributed by atoms with van der Waals surface area (Å²) in [7, 11) is 3.91. The smallest absolute Gasteiger partial charge is 0.287 e. The Bertz CT molecular complexity index is 1780. The van der Waals surface area contributed by atoms with Crippen LogP contribution in [0.5, 0.6) is 0 Å². The van der Waals surface area contributed by atoms with Gasteiger partial charge in [-0.2, -0.15) is 0 Å². The Morgan fingerprint density at radius 2 is 1.65 bits per heavy atom. The number of carbonyl (C=O) groups is 3. The Morgan fingerprint density at radius 3 is 2.37 bits per heavy atom. The molecule has 0 saturated carbocycles. The van der Waals surface area contributed by atoms with Crippen LogP contribution in [0, 0.1) is 6.92 Å². The number of hydrogen-bond donors (Lipinski definition) is 2. The van der Waals surface area contributed by atoms with Crippen LogP contribution in [0.1, 0.15) is 32.0 Å². The Morgan fingerprint density at radius 1 is 0.935 bits per heavy atom. The number of nitrogens with one attached hydrogen (secondary N) is 2. The first-order valence-electron chi connectivity index (χ1n) is 15.2. The minimum absolute atomic E-state index is 0.142. The van der Waals surface area contributed by atoms with Gasteiger partial charge < -0.3 is 29.8 Å². The van der Waals surface area contributed by atoms with Crippen LogP contribution in [0.2, 0.25) is 5.02 Å². The molecular formula is C35H38ClN5O5. The van der Waals surface area contributed by atoms with Crippen LogP contribution < -0.4 is 21.0 Å². The largest absolute Gasteiger partial charge is 0.451 e. The lowest BCUT2D eigenvalue weighted by Gasteiger charge is -2.38. The molecule has 1 aliphatic heterocycles. The molecular weight excluding hydrogens is 606 g/mol. The molecule has 0 spiro atoms. The van der Waals surface area contributed by atoms with E-state index in [1.165, 1.54) is 0 Å². The Kier molecular flexibility index (Phi) is 10.4. The van der Waals surface area contributed by atoms with Crippen molar-refractivity contribution in [3.05, 3.63) is 110 Å². The fourth-order valence-electron chi connectivity index (χ4n) is 5.49. The SMILES string of the molecule is Cc1ccc2oc(C(=O)N[C@H](Cc3ccc(Cl)cc3)C(=O)N3CCN(c4ccccc4C(=O)NCCN(C)C)CC3)cc(=O)c2c1. The van der Waals surface area contributed by atoms with E-state index in [2.05, 4.69) is 15.5 Å². The molecule has 46 heavy (non-hydrogen) atoms. The number of anilines is 1. The molecule has 1 aromatic heterocycles. The number of benzene rings is 3. The van der Waals surface area contributed by atoms with Crippen LogP contribution >= 0.6 is 11.6 Å². The highest BCUT2D eigenvalue weighted by atomic mass is 35.5. The molecule has 240 valence electrons. The van der Waals surface area contributed by atoms with Gasteiger partial charge in [-0.25, -0.2) is 0 Å². The van der Waals surface area contributed by atoms with Gasteiger partial charge in [0, 0.05) is 62.5 Å². The third-order valence-electron chi connectivity index (χ3n) is 7.99. The number of halogens is 1. The van der Waals surface area contributed by atoms with Crippen LogP contribution in [0.25, 0.3) is 11.0 Å². The molecule has 3 aromatic carbocycles. The first-order valence-corrected chi connectivity index (χ1v) is 15.6. The second-order valence-electron chi connectivity index (χ2n) is 11.7. The van der Waals surface area contributed by atoms with E-state index in [0.29, 0.717) is 54.3 Å². The number of likely N-dealkylation sites (N-methyl/N-ethyl adjacent to an activating group) is 1. The van der Waals surface area contributed by atoms with Gasteiger partial charge in [-0.3, -0.25) is 19.2 Å². The van der Waals surface area contributed by atoms with Crippen molar-refractivity contribution in [3.8, 4) is 0 Å². The van der Waals surface area contributed by atoms with Gasteiger partial charge >= 0.3 is 0 Å². The molecule has 0 radical (unpaired) electrons. The average Bonchev–Trinajstić information content (AvgIpc) is 3.05. The van der Waals surface area contributed by atoms with Crippen molar-refractivity contribution in [2.24, 2.45) is 0 Å². The molecule has 0 unspecified atom stereocenters. The molecule has 5 rings (SSSR count). The summed E-state index contributed by atoms with van der Waals surface area (Å²) in [5.74, 6) is -1.21. The Hall–Kier alpha value is -4.67. The maximum atomic E-state index is 14.0. The van der Waals surface area contributed by atoms with Gasteiger partial charge in [0.25, 0.3) is 11.8 Å². The summed E-state index contributed by atoms with van der Waals surface area (Å²) < 4.78 is 5.79. The van der Waals surface area contributed by atoms with Crippen molar-refractivity contribution in [2.45, 2.75) is 19.4 Å². The monoisotopic (exact) mass is 643 g/mol. The van der Waals surface area contributed by atoms with Crippen LogP contribution in [0.3, 0.4) is 0 Å². The normalized spacial score (nSPS) is 13.9. The molecule has 1 atom stereocenters. The number of rotatable bonds is 10. The van der Waals surface area contributed by atoms with Gasteiger partial charge in [-0.1, -0.05) is 47.5 Å². The van der Waals surface area contributed by atoms with Crippen molar-refractivity contribution in [3.63, 3.8) is 0 Å². The van der Waals surface area contributed by atoms with Gasteiger partial charge in [-0.15, -0.1) is 0 Å². The van der Waals surface area contributed by atoms with Crippen molar-refractivity contribution in [1.82, 2.24) is 20.4 Å². The van der Waals surface area contributed by atoms with Crippen LogP contribution in [0.4, 0.5) is 5.69 Å². The zero-order valence-electron chi connectivity index (χ0n) is 26.2. The Balaban J connectivity index is 1.31. The molecule has 3 amide bonds. The standard InChI is InChI=1S/C35H38ClN5O5/c1-23-8-13-31-27(20-23)30(42)22-32(46-31)34(44)38-28(21-24-9-11-25(36)12-10-24)35(45)41-18-16-40(17-19-41)29-7-5-4-6-26(29)33(43)37-14-15-39(2)3/h4-13,20,22,28H,14-19,21H2,1-3H3,(H,37,43)(H,38,44)/t28-/m1/s1. The number of amides is 3. The molecule has 2 N–H and O–H groups in total. The summed E-state index contributed by atoms with van der Waals surface area (Å²) in [6.07, 6.45) is 0.217. The molecule has 10 nitrogen and oxygen atoms in total. The molecule has 4 aromatic rings. The number of aryl methyl sites for hydroxylation is 1. The first kappa shape index (κ1) is 32.7. The average molecular weight is 644 g/mol. The molecule has 0 aliphatic carbocycles. The van der Waals surface area contributed by atoms with Crippen LogP contribution in [0.15, 0.2) is 82.0 Å². The first-order chi connectivity index (χ1) is 22.1. The van der Waals surface area contributed by atoms with Crippen molar-refractivity contribution >= 4 is 46.0 Å². The predicted octanol–water partition coefficient (Wildman–Crippen LogP) is 3.74. The van der Waals surface area contributed by atoms with E-state index in [1.807, 2.05) is 62.3 Å². The summed E-state index contributed by atoms with van der Waals surface area (Å²) in [5.41, 5.74) is 3.07. The fourth-order valence-corrected chi connectivity index (χ4v) is 5.61. The van der Waals surface area contributed by atoms with Crippen LogP contribution in [-0.2, 0) is 11.2 Å². The lowest BCUT2D eigenvalue weighted by Crippen LogP contribution is -2.55. The number of piperazine rings is 1. The molecule has 1 fully saturated rings. The van der Waals surface area contributed by atoms with E-state index in [4.69, 9.17) is 16.0 Å². The van der Waals surface area contributed by atoms with Crippen molar-refractivity contribution in [1.29, 1.82) is 0 Å².